The van der Waals surface area contributed by atoms with Gasteiger partial charge in [0.1, 0.15) is 5.54 Å². The van der Waals surface area contributed by atoms with Crippen molar-refractivity contribution in [3.05, 3.63) is 52.9 Å². The normalized spacial score (nSPS) is 17.4. The Bertz CT molecular complexity index is 1100. The minimum Gasteiger partial charge on any atom is -0.480 e. The van der Waals surface area contributed by atoms with E-state index in [1.807, 2.05) is 23.1 Å². The summed E-state index contributed by atoms with van der Waals surface area (Å²) in [6.07, 6.45) is 5.63. The van der Waals surface area contributed by atoms with Crippen LogP contribution in [0.3, 0.4) is 0 Å². The Labute approximate surface area is 185 Å². The molecule has 1 aromatic heterocycles. The number of fused-ring (bicyclic) bond motifs is 1. The van der Waals surface area contributed by atoms with Gasteiger partial charge in [-0.25, -0.2) is 9.97 Å². The molecule has 1 fully saturated rings. The van der Waals surface area contributed by atoms with Crippen LogP contribution in [-0.2, 0) is 27.2 Å². The molecule has 2 aromatic rings. The minimum atomic E-state index is -1.21. The molecular formula is C23H25N5O4. The van der Waals surface area contributed by atoms with Gasteiger partial charge in [-0.1, -0.05) is 12.1 Å². The molecule has 0 bridgehead atoms. The van der Waals surface area contributed by atoms with E-state index < -0.39 is 11.5 Å². The van der Waals surface area contributed by atoms with Crippen molar-refractivity contribution < 1.29 is 19.5 Å². The molecule has 1 aromatic carbocycles. The highest BCUT2D eigenvalue weighted by Crippen LogP contribution is 2.29. The third-order valence-electron chi connectivity index (χ3n) is 6.14. The van der Waals surface area contributed by atoms with E-state index >= 15 is 0 Å². The van der Waals surface area contributed by atoms with E-state index in [9.17, 15) is 19.5 Å². The average Bonchev–Trinajstić information content (AvgIpc) is 2.79. The Kier molecular flexibility index (Phi) is 5.75. The van der Waals surface area contributed by atoms with Crippen LogP contribution in [0.4, 0.5) is 11.6 Å². The molecule has 1 saturated heterocycles. The lowest BCUT2D eigenvalue weighted by molar-refractivity contribution is -0.144. The summed E-state index contributed by atoms with van der Waals surface area (Å²) in [7, 11) is 1.80. The Morgan fingerprint density at radius 2 is 1.91 bits per heavy atom. The third-order valence-corrected chi connectivity index (χ3v) is 6.14. The van der Waals surface area contributed by atoms with Gasteiger partial charge in [-0.2, -0.15) is 0 Å². The number of aliphatic carboxylic acids is 1. The fourth-order valence-electron chi connectivity index (χ4n) is 4.10. The third kappa shape index (κ3) is 4.11. The number of aromatic nitrogens is 2. The number of hydrogen-bond acceptors (Lipinski definition) is 8. The van der Waals surface area contributed by atoms with E-state index in [1.165, 1.54) is 0 Å². The van der Waals surface area contributed by atoms with E-state index in [0.29, 0.717) is 37.4 Å². The number of carbonyl (C=O) groups is 3. The van der Waals surface area contributed by atoms with E-state index in [4.69, 9.17) is 5.73 Å². The van der Waals surface area contributed by atoms with Crippen molar-refractivity contribution in [3.8, 4) is 0 Å². The first kappa shape index (κ1) is 21.6. The Morgan fingerprint density at radius 1 is 1.22 bits per heavy atom. The van der Waals surface area contributed by atoms with Gasteiger partial charge in [0, 0.05) is 51.1 Å². The van der Waals surface area contributed by atoms with Gasteiger partial charge >= 0.3 is 5.97 Å². The van der Waals surface area contributed by atoms with Crippen LogP contribution < -0.4 is 16.0 Å². The smallest absolute Gasteiger partial charge is 0.323 e. The topological polar surface area (TPSA) is 139 Å². The molecule has 0 amide bonds. The van der Waals surface area contributed by atoms with Crippen molar-refractivity contribution in [2.24, 2.45) is 5.73 Å². The van der Waals surface area contributed by atoms with Crippen LogP contribution in [0.25, 0.3) is 6.08 Å². The van der Waals surface area contributed by atoms with Crippen molar-refractivity contribution in [3.63, 3.8) is 0 Å². The number of rotatable bonds is 6. The summed E-state index contributed by atoms with van der Waals surface area (Å²) in [5.41, 5.74) is 8.15. The number of hydrogen-bond donors (Lipinski definition) is 3. The number of anilines is 2. The van der Waals surface area contributed by atoms with E-state index in [0.717, 1.165) is 16.8 Å². The minimum absolute atomic E-state index is 0.0316. The highest BCUT2D eigenvalue weighted by Gasteiger charge is 2.38. The molecule has 2 heterocycles. The Morgan fingerprint density at radius 3 is 2.53 bits per heavy atom. The molecule has 4 rings (SSSR count). The molecule has 1 aliphatic carbocycles. The number of nitrogens with zero attached hydrogens (tertiary/aromatic N) is 3. The largest absolute Gasteiger partial charge is 0.480 e. The first-order valence-corrected chi connectivity index (χ1v) is 10.5. The van der Waals surface area contributed by atoms with Crippen molar-refractivity contribution in [1.29, 1.82) is 0 Å². The zero-order valence-corrected chi connectivity index (χ0v) is 17.8. The standard InChI is InChI=1S/C23H25N5O4/c1-25-18-4-2-3-15-10-17(20(30)11-16(15)18)19(29)9-14-12-26-22(27-13-14)28-7-5-23(24,6-8-28)21(31)32/h2-4,10,12-13,25H,5-9,11,24H2,1H3,(H,31,32). The van der Waals surface area contributed by atoms with Crippen LogP contribution in [-0.4, -0.2) is 58.3 Å². The molecule has 0 unspecified atom stereocenters. The lowest BCUT2D eigenvalue weighted by Crippen LogP contribution is -2.55. The predicted octanol–water partition coefficient (Wildman–Crippen LogP) is 1.22. The van der Waals surface area contributed by atoms with Gasteiger partial charge in [-0.15, -0.1) is 0 Å². The van der Waals surface area contributed by atoms with Gasteiger partial charge in [0.2, 0.25) is 5.95 Å². The lowest BCUT2D eigenvalue weighted by Gasteiger charge is -2.36. The van der Waals surface area contributed by atoms with E-state index in [2.05, 4.69) is 15.3 Å². The van der Waals surface area contributed by atoms with Gasteiger partial charge in [-0.3, -0.25) is 14.4 Å². The van der Waals surface area contributed by atoms with Crippen LogP contribution in [0.2, 0.25) is 0 Å². The van der Waals surface area contributed by atoms with Crippen LogP contribution in [0, 0.1) is 0 Å². The summed E-state index contributed by atoms with van der Waals surface area (Å²) in [6, 6.07) is 5.69. The molecule has 166 valence electrons. The fourth-order valence-corrected chi connectivity index (χ4v) is 4.10. The summed E-state index contributed by atoms with van der Waals surface area (Å²) >= 11 is 0. The maximum absolute atomic E-state index is 12.8. The predicted molar refractivity (Wildman–Crippen MR) is 119 cm³/mol. The summed E-state index contributed by atoms with van der Waals surface area (Å²) < 4.78 is 0. The van der Waals surface area contributed by atoms with Crippen molar-refractivity contribution in [2.75, 3.05) is 30.4 Å². The summed E-state index contributed by atoms with van der Waals surface area (Å²) in [6.45, 7) is 0.882. The zero-order valence-electron chi connectivity index (χ0n) is 17.8. The number of nitrogens with two attached hydrogens (primary N) is 1. The lowest BCUT2D eigenvalue weighted by atomic mass is 9.87. The number of carbonyl (C=O) groups excluding carboxylic acids is 2. The van der Waals surface area contributed by atoms with Gasteiger partial charge in [-0.05, 0) is 41.7 Å². The number of carboxylic acid groups (broad SMARTS) is 1. The molecule has 9 heteroatoms. The number of allylic oxidation sites excluding steroid dienone is 1. The maximum Gasteiger partial charge on any atom is 0.323 e. The average molecular weight is 435 g/mol. The van der Waals surface area contributed by atoms with E-state index in [-0.39, 0.29) is 30.0 Å². The monoisotopic (exact) mass is 435 g/mol. The number of piperidine rings is 1. The first-order valence-electron chi connectivity index (χ1n) is 10.5. The van der Waals surface area contributed by atoms with E-state index in [1.54, 1.807) is 25.5 Å². The molecular weight excluding hydrogens is 410 g/mol. The van der Waals surface area contributed by atoms with Crippen LogP contribution in [0.1, 0.15) is 29.5 Å². The molecule has 32 heavy (non-hydrogen) atoms. The van der Waals surface area contributed by atoms with Gasteiger partial charge in [0.15, 0.2) is 11.6 Å². The SMILES string of the molecule is CNc1cccc2c1CC(=O)C(C(=O)Cc1cnc(N3CCC(N)(C(=O)O)CC3)nc1)=C2. The molecule has 0 radical (unpaired) electrons. The summed E-state index contributed by atoms with van der Waals surface area (Å²) in [4.78, 5) is 47.3. The quantitative estimate of drug-likeness (QED) is 0.572. The van der Waals surface area contributed by atoms with Crippen LogP contribution in [0.15, 0.2) is 36.2 Å². The second-order valence-electron chi connectivity index (χ2n) is 8.22. The van der Waals surface area contributed by atoms with Crippen molar-refractivity contribution >= 4 is 35.2 Å². The number of Topliss-reactive ketones (excluding diaryl/α,β-unsaturated/α-hetero) is 2. The first-order chi connectivity index (χ1) is 15.3. The molecule has 0 atom stereocenters. The molecule has 4 N–H and O–H groups in total. The molecule has 0 saturated carbocycles. The number of ketones is 2. The van der Waals surface area contributed by atoms with Crippen molar-refractivity contribution in [1.82, 2.24) is 9.97 Å². The number of benzene rings is 1. The Balaban J connectivity index is 1.44. The second-order valence-corrected chi connectivity index (χ2v) is 8.22. The van der Waals surface area contributed by atoms with Crippen LogP contribution >= 0.6 is 0 Å². The van der Waals surface area contributed by atoms with Crippen LogP contribution in [0.5, 0.6) is 0 Å². The zero-order chi connectivity index (χ0) is 22.9. The second kappa shape index (κ2) is 8.51. The highest BCUT2D eigenvalue weighted by molar-refractivity contribution is 6.25. The fraction of sp³-hybridized carbons (Fsp3) is 0.348. The molecule has 0 spiro atoms. The molecule has 1 aliphatic heterocycles. The van der Waals surface area contributed by atoms with Crippen molar-refractivity contribution in [2.45, 2.75) is 31.2 Å². The Hall–Kier alpha value is -3.59. The van der Waals surface area contributed by atoms with Gasteiger partial charge in [0.25, 0.3) is 0 Å². The van der Waals surface area contributed by atoms with Gasteiger partial charge < -0.3 is 21.1 Å². The molecule has 9 nitrogen and oxygen atoms in total. The number of nitrogens with one attached hydrogen (secondary N) is 1. The summed E-state index contributed by atoms with van der Waals surface area (Å²) in [5.74, 6) is -0.989. The number of carboxylic acids is 1. The highest BCUT2D eigenvalue weighted by atomic mass is 16.4. The summed E-state index contributed by atoms with van der Waals surface area (Å²) in [5, 5.41) is 12.3. The maximum atomic E-state index is 12.8. The van der Waals surface area contributed by atoms with Gasteiger partial charge in [0.05, 0.1) is 5.57 Å². The molecule has 2 aliphatic rings.